The number of nitrogens with one attached hydrogen (secondary N) is 1. The summed E-state index contributed by atoms with van der Waals surface area (Å²) in [6.07, 6.45) is 8.81. The summed E-state index contributed by atoms with van der Waals surface area (Å²) >= 11 is 0. The van der Waals surface area contributed by atoms with Gasteiger partial charge in [0, 0.05) is 11.6 Å². The average Bonchev–Trinajstić information content (AvgIpc) is 3.07. The summed E-state index contributed by atoms with van der Waals surface area (Å²) in [6, 6.07) is 6.00. The molecule has 8 unspecified atom stereocenters. The molecule has 1 aromatic rings. The van der Waals surface area contributed by atoms with Crippen molar-refractivity contribution in [3.05, 3.63) is 30.1 Å². The van der Waals surface area contributed by atoms with Gasteiger partial charge >= 0.3 is 0 Å². The van der Waals surface area contributed by atoms with Crippen molar-refractivity contribution < 1.29 is 13.6 Å². The lowest BCUT2D eigenvalue weighted by Crippen LogP contribution is -2.56. The van der Waals surface area contributed by atoms with E-state index in [1.165, 1.54) is 12.1 Å². The highest BCUT2D eigenvalue weighted by Crippen LogP contribution is 2.66. The van der Waals surface area contributed by atoms with E-state index in [0.29, 0.717) is 23.4 Å². The van der Waals surface area contributed by atoms with Crippen molar-refractivity contribution in [3.63, 3.8) is 0 Å². The molecule has 30 heavy (non-hydrogen) atoms. The molecule has 0 radical (unpaired) electrons. The third-order valence-corrected chi connectivity index (χ3v) is 9.72. The highest BCUT2D eigenvalue weighted by atomic mass is 19.1. The molecule has 1 amide bonds. The number of halogens is 2. The molecule has 8 atom stereocenters. The molecule has 0 aliphatic heterocycles. The highest BCUT2D eigenvalue weighted by molar-refractivity contribution is 5.93. The number of carbonyl (C=O) groups is 1. The number of alkyl halides is 1. The average molecular weight is 416 g/mol. The molecule has 2 nitrogen and oxygen atoms in total. The quantitative estimate of drug-likeness (QED) is 0.568. The number of anilines is 1. The van der Waals surface area contributed by atoms with E-state index < -0.39 is 5.67 Å². The van der Waals surface area contributed by atoms with Gasteiger partial charge in [0.15, 0.2) is 0 Å². The van der Waals surface area contributed by atoms with Crippen LogP contribution in [0.4, 0.5) is 14.5 Å². The van der Waals surface area contributed by atoms with E-state index in [4.69, 9.17) is 0 Å². The Bertz CT molecular complexity index is 810. The number of fused-ring (bicyclic) bond motifs is 5. The first-order chi connectivity index (χ1) is 14.3. The van der Waals surface area contributed by atoms with Gasteiger partial charge in [0.1, 0.15) is 11.5 Å². The minimum atomic E-state index is -0.967. The second-order valence-electron chi connectivity index (χ2n) is 11.1. The second-order valence-corrected chi connectivity index (χ2v) is 11.1. The lowest BCUT2D eigenvalue weighted by Gasteiger charge is -2.58. The van der Waals surface area contributed by atoms with Crippen LogP contribution in [0, 0.1) is 46.7 Å². The van der Waals surface area contributed by atoms with Crippen LogP contribution in [0.3, 0.4) is 0 Å². The minimum absolute atomic E-state index is 0.0341. The maximum Gasteiger partial charge on any atom is 0.228 e. The number of hydrogen-bond acceptors (Lipinski definition) is 1. The summed E-state index contributed by atoms with van der Waals surface area (Å²) in [4.78, 5) is 13.2. The summed E-state index contributed by atoms with van der Waals surface area (Å²) in [5.41, 5.74) is -0.358. The fraction of sp³-hybridized carbons (Fsp3) is 0.731. The molecule has 5 rings (SSSR count). The molecule has 164 valence electrons. The van der Waals surface area contributed by atoms with E-state index in [0.717, 1.165) is 57.8 Å². The molecule has 4 aliphatic carbocycles. The molecule has 4 aliphatic rings. The monoisotopic (exact) mass is 415 g/mol. The van der Waals surface area contributed by atoms with Crippen molar-refractivity contribution >= 4 is 11.6 Å². The molecule has 1 aromatic carbocycles. The molecular formula is C26H35F2NO. The van der Waals surface area contributed by atoms with Crippen LogP contribution in [0.25, 0.3) is 0 Å². The van der Waals surface area contributed by atoms with E-state index >= 15 is 4.39 Å². The van der Waals surface area contributed by atoms with Gasteiger partial charge in [-0.2, -0.15) is 0 Å². The maximum absolute atomic E-state index is 16.4. The van der Waals surface area contributed by atoms with Gasteiger partial charge in [-0.25, -0.2) is 8.78 Å². The molecule has 4 saturated carbocycles. The van der Waals surface area contributed by atoms with E-state index in [1.807, 2.05) is 0 Å². The second kappa shape index (κ2) is 7.31. The van der Waals surface area contributed by atoms with Gasteiger partial charge in [0.25, 0.3) is 0 Å². The Labute approximate surface area is 179 Å². The first-order valence-electron chi connectivity index (χ1n) is 12.1. The number of amides is 1. The normalized spacial score (nSPS) is 45.2. The highest BCUT2D eigenvalue weighted by Gasteiger charge is 2.62. The number of carbonyl (C=O) groups excluding carboxylic acids is 1. The summed E-state index contributed by atoms with van der Waals surface area (Å²) in [6.45, 7) is 4.57. The zero-order valence-electron chi connectivity index (χ0n) is 18.3. The topological polar surface area (TPSA) is 29.1 Å². The first kappa shape index (κ1) is 20.5. The smallest absolute Gasteiger partial charge is 0.228 e. The molecule has 1 N–H and O–H groups in total. The van der Waals surface area contributed by atoms with Crippen LogP contribution in [-0.2, 0) is 4.79 Å². The van der Waals surface area contributed by atoms with E-state index in [2.05, 4.69) is 19.2 Å². The predicted molar refractivity (Wildman–Crippen MR) is 115 cm³/mol. The van der Waals surface area contributed by atoms with Crippen LogP contribution in [-0.4, -0.2) is 11.6 Å². The molecule has 0 aromatic heterocycles. The largest absolute Gasteiger partial charge is 0.326 e. The van der Waals surface area contributed by atoms with Gasteiger partial charge in [0.2, 0.25) is 5.91 Å². The van der Waals surface area contributed by atoms with Crippen molar-refractivity contribution in [3.8, 4) is 0 Å². The van der Waals surface area contributed by atoms with Crippen LogP contribution in [0.5, 0.6) is 0 Å². The Morgan fingerprint density at radius 1 is 1.00 bits per heavy atom. The Kier molecular flexibility index (Phi) is 4.98. The number of benzene rings is 1. The predicted octanol–water partition coefficient (Wildman–Crippen LogP) is 6.76. The third-order valence-electron chi connectivity index (χ3n) is 9.72. The fourth-order valence-electron chi connectivity index (χ4n) is 8.19. The van der Waals surface area contributed by atoms with Crippen LogP contribution in [0.15, 0.2) is 24.3 Å². The van der Waals surface area contributed by atoms with Crippen molar-refractivity contribution in [1.29, 1.82) is 0 Å². The third kappa shape index (κ3) is 3.12. The van der Waals surface area contributed by atoms with Gasteiger partial charge in [-0.1, -0.05) is 13.8 Å². The lowest BCUT2D eigenvalue weighted by molar-refractivity contribution is -0.144. The van der Waals surface area contributed by atoms with Crippen LogP contribution in [0.2, 0.25) is 0 Å². The Balaban J connectivity index is 1.34. The van der Waals surface area contributed by atoms with Crippen LogP contribution in [0.1, 0.15) is 71.6 Å². The summed E-state index contributed by atoms with van der Waals surface area (Å²) in [7, 11) is 0. The van der Waals surface area contributed by atoms with E-state index in [-0.39, 0.29) is 34.9 Å². The van der Waals surface area contributed by atoms with Gasteiger partial charge in [-0.3, -0.25) is 4.79 Å². The summed E-state index contributed by atoms with van der Waals surface area (Å²) < 4.78 is 29.6. The molecule has 0 saturated heterocycles. The minimum Gasteiger partial charge on any atom is -0.326 e. The molecular weight excluding hydrogens is 380 g/mol. The Hall–Kier alpha value is -1.45. The summed E-state index contributed by atoms with van der Waals surface area (Å²) in [5.74, 6) is 1.72. The van der Waals surface area contributed by atoms with E-state index in [9.17, 15) is 9.18 Å². The maximum atomic E-state index is 16.4. The molecule has 0 bridgehead atoms. The molecule has 4 heteroatoms. The van der Waals surface area contributed by atoms with E-state index in [1.54, 1.807) is 12.1 Å². The SMILES string of the molecule is CC1CCC2(F)C(CCC3C4CCC(C(=O)Nc5ccc(F)cc5)C4(C)CCC32)C1. The Morgan fingerprint density at radius 3 is 2.53 bits per heavy atom. The summed E-state index contributed by atoms with van der Waals surface area (Å²) in [5, 5.41) is 3.02. The van der Waals surface area contributed by atoms with Crippen LogP contribution < -0.4 is 5.32 Å². The molecule has 0 heterocycles. The molecule has 4 fully saturated rings. The van der Waals surface area contributed by atoms with Crippen LogP contribution >= 0.6 is 0 Å². The van der Waals surface area contributed by atoms with Crippen molar-refractivity contribution in [2.75, 3.05) is 5.32 Å². The molecule has 0 spiro atoms. The van der Waals surface area contributed by atoms with Crippen molar-refractivity contribution in [1.82, 2.24) is 0 Å². The zero-order chi connectivity index (χ0) is 21.1. The van der Waals surface area contributed by atoms with Crippen molar-refractivity contribution in [2.45, 2.75) is 77.3 Å². The number of rotatable bonds is 2. The number of hydrogen-bond donors (Lipinski definition) is 1. The Morgan fingerprint density at radius 2 is 1.77 bits per heavy atom. The van der Waals surface area contributed by atoms with Gasteiger partial charge < -0.3 is 5.32 Å². The standard InChI is InChI=1S/C26H35F2NO/c1-16-11-14-26(28)17(15-16)3-8-20-21-9-10-23(25(21,2)13-12-22(20)26)24(30)29-19-6-4-18(27)5-7-19/h4-7,16-17,20-23H,3,8-15H2,1-2H3,(H,29,30). The van der Waals surface area contributed by atoms with Crippen molar-refractivity contribution in [2.24, 2.45) is 40.9 Å². The fourth-order valence-corrected chi connectivity index (χ4v) is 8.19. The van der Waals surface area contributed by atoms with Gasteiger partial charge in [-0.05, 0) is 117 Å². The zero-order valence-corrected chi connectivity index (χ0v) is 18.3. The first-order valence-corrected chi connectivity index (χ1v) is 12.1. The van der Waals surface area contributed by atoms with Gasteiger partial charge in [0.05, 0.1) is 0 Å². The lowest BCUT2D eigenvalue weighted by atomic mass is 9.48. The van der Waals surface area contributed by atoms with Gasteiger partial charge in [-0.15, -0.1) is 0 Å².